The summed E-state index contributed by atoms with van der Waals surface area (Å²) in [6.07, 6.45) is 3.92. The lowest BCUT2D eigenvalue weighted by molar-refractivity contribution is 0.156. The maximum atomic E-state index is 13.3. The van der Waals surface area contributed by atoms with E-state index in [9.17, 15) is 4.79 Å². The van der Waals surface area contributed by atoms with Crippen molar-refractivity contribution in [2.75, 3.05) is 20.2 Å². The second kappa shape index (κ2) is 8.98. The molecule has 0 radical (unpaired) electrons. The highest BCUT2D eigenvalue weighted by molar-refractivity contribution is 7.22. The third-order valence-electron chi connectivity index (χ3n) is 5.71. The Morgan fingerprint density at radius 1 is 1.03 bits per heavy atom. The number of benzene rings is 2. The minimum absolute atomic E-state index is 0.0539. The number of hydrogen-bond acceptors (Lipinski definition) is 5. The first kappa shape index (κ1) is 21.1. The van der Waals surface area contributed by atoms with Crippen LogP contribution in [-0.2, 0) is 0 Å². The van der Waals surface area contributed by atoms with Crippen LogP contribution in [0.3, 0.4) is 0 Å². The molecule has 0 aliphatic carbocycles. The van der Waals surface area contributed by atoms with E-state index in [0.717, 1.165) is 47.4 Å². The fourth-order valence-electron chi connectivity index (χ4n) is 3.98. The van der Waals surface area contributed by atoms with Gasteiger partial charge < -0.3 is 14.8 Å². The van der Waals surface area contributed by atoms with Gasteiger partial charge in [-0.1, -0.05) is 23.7 Å². The zero-order valence-corrected chi connectivity index (χ0v) is 19.2. The van der Waals surface area contributed by atoms with Crippen molar-refractivity contribution >= 4 is 33.0 Å². The molecule has 0 amide bonds. The Labute approximate surface area is 195 Å². The van der Waals surface area contributed by atoms with E-state index in [1.165, 1.54) is 11.3 Å². The number of thiophene rings is 1. The number of aromatic nitrogens is 1. The summed E-state index contributed by atoms with van der Waals surface area (Å²) in [4.78, 5) is 14.3. The van der Waals surface area contributed by atoms with Gasteiger partial charge in [0.15, 0.2) is 11.5 Å². The first-order valence-electron chi connectivity index (χ1n) is 10.6. The molecule has 5 nitrogen and oxygen atoms in total. The average molecular weight is 467 g/mol. The summed E-state index contributed by atoms with van der Waals surface area (Å²) >= 11 is 7.50. The van der Waals surface area contributed by atoms with Crippen molar-refractivity contribution < 1.29 is 9.47 Å². The van der Waals surface area contributed by atoms with Crippen molar-refractivity contribution in [3.05, 3.63) is 76.2 Å². The first-order valence-corrected chi connectivity index (χ1v) is 11.8. The van der Waals surface area contributed by atoms with Crippen LogP contribution in [0.4, 0.5) is 0 Å². The second-order valence-corrected chi connectivity index (χ2v) is 9.28. The zero-order chi connectivity index (χ0) is 22.1. The van der Waals surface area contributed by atoms with Gasteiger partial charge in [-0.2, -0.15) is 0 Å². The molecule has 1 aliphatic heterocycles. The number of rotatable bonds is 5. The van der Waals surface area contributed by atoms with E-state index in [1.54, 1.807) is 11.7 Å². The highest BCUT2D eigenvalue weighted by atomic mass is 35.5. The maximum Gasteiger partial charge on any atom is 0.273 e. The van der Waals surface area contributed by atoms with E-state index in [1.807, 2.05) is 60.8 Å². The lowest BCUT2D eigenvalue weighted by Gasteiger charge is -2.24. The molecule has 7 heteroatoms. The Kier molecular flexibility index (Phi) is 5.91. The Morgan fingerprint density at radius 2 is 1.81 bits per heavy atom. The number of hydrogen-bond donors (Lipinski definition) is 1. The predicted octanol–water partition coefficient (Wildman–Crippen LogP) is 5.51. The van der Waals surface area contributed by atoms with Gasteiger partial charge in [0.2, 0.25) is 0 Å². The zero-order valence-electron chi connectivity index (χ0n) is 17.6. The molecule has 32 heavy (non-hydrogen) atoms. The molecule has 1 fully saturated rings. The maximum absolute atomic E-state index is 13.3. The minimum atomic E-state index is -0.0539. The summed E-state index contributed by atoms with van der Waals surface area (Å²) in [6, 6.07) is 17.3. The minimum Gasteiger partial charge on any atom is -0.493 e. The Morgan fingerprint density at radius 3 is 2.56 bits per heavy atom. The van der Waals surface area contributed by atoms with Gasteiger partial charge in [0.1, 0.15) is 10.8 Å². The van der Waals surface area contributed by atoms with Crippen LogP contribution in [0.5, 0.6) is 11.5 Å². The van der Waals surface area contributed by atoms with Crippen molar-refractivity contribution in [2.45, 2.75) is 18.9 Å². The number of fused-ring (bicyclic) bond motifs is 1. The molecule has 0 bridgehead atoms. The Bertz CT molecular complexity index is 1310. The number of halogens is 1. The highest BCUT2D eigenvalue weighted by Gasteiger charge is 2.18. The van der Waals surface area contributed by atoms with E-state index in [-0.39, 0.29) is 11.7 Å². The molecule has 2 aromatic carbocycles. The quantitative estimate of drug-likeness (QED) is 0.421. The molecule has 1 N–H and O–H groups in total. The van der Waals surface area contributed by atoms with Gasteiger partial charge >= 0.3 is 0 Å². The van der Waals surface area contributed by atoms with Crippen molar-refractivity contribution in [1.82, 2.24) is 9.88 Å². The summed E-state index contributed by atoms with van der Waals surface area (Å²) in [5.74, 6) is 1.33. The third-order valence-corrected chi connectivity index (χ3v) is 7.15. The van der Waals surface area contributed by atoms with Gasteiger partial charge in [-0.25, -0.2) is 0 Å². The Balaban J connectivity index is 1.49. The SMILES string of the molecule is COc1cc(-n2ccc3cc(-c4ccc(Cl)cc4)sc3c2=O)ccc1OC1CCNCC1. The van der Waals surface area contributed by atoms with Crippen LogP contribution < -0.4 is 20.3 Å². The fraction of sp³-hybridized carbons (Fsp3) is 0.240. The van der Waals surface area contributed by atoms with Gasteiger partial charge in [0.25, 0.3) is 5.56 Å². The number of nitrogens with one attached hydrogen (secondary N) is 1. The number of pyridine rings is 1. The van der Waals surface area contributed by atoms with E-state index in [2.05, 4.69) is 5.32 Å². The van der Waals surface area contributed by atoms with Gasteiger partial charge in [-0.15, -0.1) is 11.3 Å². The number of nitrogens with zero attached hydrogens (tertiary/aromatic N) is 1. The van der Waals surface area contributed by atoms with Crippen LogP contribution >= 0.6 is 22.9 Å². The molecule has 0 saturated carbocycles. The molecule has 0 spiro atoms. The van der Waals surface area contributed by atoms with E-state index in [0.29, 0.717) is 21.2 Å². The lowest BCUT2D eigenvalue weighted by atomic mass is 10.1. The van der Waals surface area contributed by atoms with E-state index >= 15 is 0 Å². The van der Waals surface area contributed by atoms with Gasteiger partial charge in [0.05, 0.1) is 12.8 Å². The van der Waals surface area contributed by atoms with Crippen LogP contribution in [0.25, 0.3) is 26.2 Å². The summed E-state index contributed by atoms with van der Waals surface area (Å²) < 4.78 is 14.1. The third kappa shape index (κ3) is 4.13. The number of ether oxygens (including phenoxy) is 2. The van der Waals surface area contributed by atoms with Crippen LogP contribution in [-0.4, -0.2) is 30.9 Å². The van der Waals surface area contributed by atoms with Crippen LogP contribution in [0.1, 0.15) is 12.8 Å². The number of methoxy groups -OCH3 is 1. The van der Waals surface area contributed by atoms with E-state index < -0.39 is 0 Å². The standard InChI is InChI=1S/C25H23ClN2O3S/c1-30-22-15-19(6-7-21(22)31-20-8-11-27-12-9-20)28-13-10-17-14-23(32-24(17)25(28)29)16-2-4-18(26)5-3-16/h2-7,10,13-15,20,27H,8-9,11-12H2,1H3. The molecule has 1 aliphatic rings. The average Bonchev–Trinajstić information content (AvgIpc) is 3.26. The molecule has 4 aromatic rings. The summed E-state index contributed by atoms with van der Waals surface area (Å²) in [5.41, 5.74) is 1.73. The van der Waals surface area contributed by atoms with Crippen molar-refractivity contribution in [1.29, 1.82) is 0 Å². The largest absolute Gasteiger partial charge is 0.493 e. The fourth-order valence-corrected chi connectivity index (χ4v) is 5.20. The van der Waals surface area contributed by atoms with Gasteiger partial charge in [0, 0.05) is 27.5 Å². The van der Waals surface area contributed by atoms with Gasteiger partial charge in [-0.05, 0) is 67.9 Å². The predicted molar refractivity (Wildman–Crippen MR) is 131 cm³/mol. The molecular formula is C25H23ClN2O3S. The summed E-state index contributed by atoms with van der Waals surface area (Å²) in [6.45, 7) is 1.92. The van der Waals surface area contributed by atoms with Crippen LogP contribution in [0, 0.1) is 0 Å². The normalized spacial score (nSPS) is 14.6. The molecule has 5 rings (SSSR count). The molecular weight excluding hydrogens is 444 g/mol. The summed E-state index contributed by atoms with van der Waals surface area (Å²) in [5, 5.41) is 4.96. The highest BCUT2D eigenvalue weighted by Crippen LogP contribution is 2.34. The number of piperidine rings is 1. The molecule has 3 heterocycles. The van der Waals surface area contributed by atoms with Gasteiger partial charge in [-0.3, -0.25) is 9.36 Å². The molecule has 0 unspecified atom stereocenters. The smallest absolute Gasteiger partial charge is 0.273 e. The molecule has 2 aromatic heterocycles. The molecule has 0 atom stereocenters. The summed E-state index contributed by atoms with van der Waals surface area (Å²) in [7, 11) is 1.62. The van der Waals surface area contributed by atoms with E-state index in [4.69, 9.17) is 21.1 Å². The van der Waals surface area contributed by atoms with Crippen molar-refractivity contribution in [2.24, 2.45) is 0 Å². The second-order valence-electron chi connectivity index (χ2n) is 7.80. The van der Waals surface area contributed by atoms with Crippen LogP contribution in [0.2, 0.25) is 5.02 Å². The molecule has 164 valence electrons. The topological polar surface area (TPSA) is 52.5 Å². The first-order chi connectivity index (χ1) is 15.6. The molecule has 1 saturated heterocycles. The monoisotopic (exact) mass is 466 g/mol. The van der Waals surface area contributed by atoms with Crippen LogP contribution in [0.15, 0.2) is 65.6 Å². The van der Waals surface area contributed by atoms with Crippen molar-refractivity contribution in [3.8, 4) is 27.6 Å². The van der Waals surface area contributed by atoms with Crippen molar-refractivity contribution in [3.63, 3.8) is 0 Å². The lowest BCUT2D eigenvalue weighted by Crippen LogP contribution is -2.34. The Hall–Kier alpha value is -2.80.